The van der Waals surface area contributed by atoms with Crippen molar-refractivity contribution in [2.24, 2.45) is 5.92 Å². The fraction of sp³-hybridized carbons (Fsp3) is 0.368. The molecule has 30 heavy (non-hydrogen) atoms. The van der Waals surface area contributed by atoms with Gasteiger partial charge in [0.25, 0.3) is 10.0 Å². The molecule has 0 aliphatic carbocycles. The van der Waals surface area contributed by atoms with Crippen LogP contribution < -0.4 is 10.4 Å². The number of rotatable bonds is 7. The number of hydrogen-bond donors (Lipinski definition) is 1. The van der Waals surface area contributed by atoms with Gasteiger partial charge in [0, 0.05) is 10.6 Å². The summed E-state index contributed by atoms with van der Waals surface area (Å²) in [4.78, 5) is 16.4. The van der Waals surface area contributed by atoms with Crippen LogP contribution in [0.4, 0.5) is 14.6 Å². The van der Waals surface area contributed by atoms with Crippen molar-refractivity contribution < 1.29 is 17.2 Å². The third-order valence-corrected chi connectivity index (χ3v) is 8.31. The predicted molar refractivity (Wildman–Crippen MR) is 116 cm³/mol. The van der Waals surface area contributed by atoms with E-state index < -0.39 is 32.2 Å². The normalized spacial score (nSPS) is 12.1. The van der Waals surface area contributed by atoms with Crippen molar-refractivity contribution in [1.82, 2.24) is 9.55 Å². The van der Waals surface area contributed by atoms with Crippen molar-refractivity contribution in [2.75, 3.05) is 10.5 Å². The quantitative estimate of drug-likeness (QED) is 0.509. The van der Waals surface area contributed by atoms with E-state index in [0.717, 1.165) is 33.4 Å². The first-order chi connectivity index (χ1) is 14.0. The van der Waals surface area contributed by atoms with E-state index in [1.807, 2.05) is 6.92 Å². The fourth-order valence-corrected chi connectivity index (χ4v) is 6.60. The summed E-state index contributed by atoms with van der Waals surface area (Å²) in [6, 6.07) is 2.15. The molecule has 0 atom stereocenters. The van der Waals surface area contributed by atoms with Gasteiger partial charge in [0.05, 0.1) is 4.21 Å². The van der Waals surface area contributed by atoms with Gasteiger partial charge in [0.2, 0.25) is 0 Å². The lowest BCUT2D eigenvalue weighted by molar-refractivity contribution is 0.555. The van der Waals surface area contributed by atoms with E-state index in [0.29, 0.717) is 23.4 Å². The van der Waals surface area contributed by atoms with Crippen LogP contribution in [0.1, 0.15) is 30.8 Å². The number of sulfonamides is 1. The van der Waals surface area contributed by atoms with Crippen molar-refractivity contribution >= 4 is 38.9 Å². The third-order valence-electron chi connectivity index (χ3n) is 4.47. The summed E-state index contributed by atoms with van der Waals surface area (Å²) >= 11 is 2.94. The molecule has 11 heteroatoms. The summed E-state index contributed by atoms with van der Waals surface area (Å²) < 4.78 is 57.3. The van der Waals surface area contributed by atoms with Gasteiger partial charge < -0.3 is 0 Å². The number of aryl methyl sites for hydroxylation is 1. The van der Waals surface area contributed by atoms with Crippen LogP contribution in [-0.4, -0.2) is 23.7 Å². The number of benzene rings is 1. The van der Waals surface area contributed by atoms with Crippen molar-refractivity contribution in [1.29, 1.82) is 0 Å². The number of fused-ring (bicyclic) bond motifs is 1. The van der Waals surface area contributed by atoms with E-state index in [-0.39, 0.29) is 5.82 Å². The van der Waals surface area contributed by atoms with Crippen LogP contribution in [0.5, 0.6) is 0 Å². The smallest absolute Gasteiger partial charge is 0.261 e. The SMILES string of the molecule is Cc1sc(SCCC(C)C)c2c(NS(=O)(=O)c3cc(F)ccc3F)nc(=O)n-2c1C. The Balaban J connectivity index is 2.10. The number of imidazole rings is 1. The van der Waals surface area contributed by atoms with Crippen molar-refractivity contribution in [3.05, 3.63) is 50.9 Å². The van der Waals surface area contributed by atoms with Gasteiger partial charge >= 0.3 is 5.69 Å². The van der Waals surface area contributed by atoms with Crippen molar-refractivity contribution in [2.45, 2.75) is 43.2 Å². The van der Waals surface area contributed by atoms with Crippen molar-refractivity contribution in [3.63, 3.8) is 0 Å². The second kappa shape index (κ2) is 8.64. The summed E-state index contributed by atoms with van der Waals surface area (Å²) in [6.07, 6.45) is 0.935. The second-order valence-electron chi connectivity index (χ2n) is 7.17. The molecule has 6 nitrogen and oxygen atoms in total. The summed E-state index contributed by atoms with van der Waals surface area (Å²) in [5, 5.41) is 0. The molecule has 0 bridgehead atoms. The number of aromatic nitrogens is 2. The topological polar surface area (TPSA) is 81.1 Å². The second-order valence-corrected chi connectivity index (χ2v) is 11.4. The summed E-state index contributed by atoms with van der Waals surface area (Å²) in [7, 11) is -4.50. The Morgan fingerprint density at radius 1 is 1.27 bits per heavy atom. The van der Waals surface area contributed by atoms with Gasteiger partial charge in [-0.3, -0.25) is 9.29 Å². The van der Waals surface area contributed by atoms with E-state index in [9.17, 15) is 22.0 Å². The third kappa shape index (κ3) is 4.52. The van der Waals surface area contributed by atoms with Crippen LogP contribution in [0.2, 0.25) is 0 Å². The minimum Gasteiger partial charge on any atom is -0.261 e. The van der Waals surface area contributed by atoms with Crippen molar-refractivity contribution in [3.8, 4) is 5.69 Å². The Hall–Kier alpha value is -1.98. The van der Waals surface area contributed by atoms with Gasteiger partial charge in [-0.05, 0) is 50.1 Å². The van der Waals surface area contributed by atoms with Gasteiger partial charge in [0.15, 0.2) is 5.82 Å². The van der Waals surface area contributed by atoms with E-state index >= 15 is 0 Å². The lowest BCUT2D eigenvalue weighted by Crippen LogP contribution is -2.17. The minimum absolute atomic E-state index is 0.199. The van der Waals surface area contributed by atoms with E-state index in [1.165, 1.54) is 27.7 Å². The molecule has 0 saturated heterocycles. The molecule has 1 N–H and O–H groups in total. The van der Waals surface area contributed by atoms with Gasteiger partial charge in [-0.25, -0.2) is 22.0 Å². The highest BCUT2D eigenvalue weighted by Gasteiger charge is 2.28. The molecule has 0 spiro atoms. The Morgan fingerprint density at radius 3 is 2.63 bits per heavy atom. The molecule has 0 amide bonds. The number of thioether (sulfide) groups is 1. The molecule has 2 aliphatic heterocycles. The first-order valence-corrected chi connectivity index (χ1v) is 12.4. The molecule has 1 aromatic rings. The van der Waals surface area contributed by atoms with Gasteiger partial charge in [-0.2, -0.15) is 4.98 Å². The average molecular weight is 474 g/mol. The number of nitrogens with one attached hydrogen (secondary N) is 1. The van der Waals surface area contributed by atoms with E-state index in [4.69, 9.17) is 0 Å². The van der Waals surface area contributed by atoms with Gasteiger partial charge in [0.1, 0.15) is 22.2 Å². The summed E-state index contributed by atoms with van der Waals surface area (Å²) in [5.74, 6) is -0.934. The zero-order chi connectivity index (χ0) is 22.2. The van der Waals surface area contributed by atoms with Gasteiger partial charge in [-0.1, -0.05) is 13.8 Å². The Labute approximate surface area is 181 Å². The molecule has 0 aromatic heterocycles. The first kappa shape index (κ1) is 22.7. The zero-order valence-corrected chi connectivity index (χ0v) is 19.3. The fourth-order valence-electron chi connectivity index (χ4n) is 2.74. The number of hydrogen-bond acceptors (Lipinski definition) is 6. The van der Waals surface area contributed by atoms with Crippen LogP contribution in [0.25, 0.3) is 5.69 Å². The Bertz CT molecular complexity index is 1220. The zero-order valence-electron chi connectivity index (χ0n) is 16.8. The lowest BCUT2D eigenvalue weighted by atomic mass is 10.2. The van der Waals surface area contributed by atoms with E-state index in [1.54, 1.807) is 6.92 Å². The number of anilines is 1. The molecular weight excluding hydrogens is 452 g/mol. The molecule has 0 unspecified atom stereocenters. The molecule has 0 radical (unpaired) electrons. The number of halogens is 2. The monoisotopic (exact) mass is 473 g/mol. The van der Waals surface area contributed by atoms with Crippen LogP contribution in [0, 0.1) is 31.4 Å². The largest absolute Gasteiger partial charge is 0.354 e. The maximum absolute atomic E-state index is 14.1. The average Bonchev–Trinajstić information content (AvgIpc) is 2.96. The van der Waals surface area contributed by atoms with Gasteiger partial charge in [-0.15, -0.1) is 23.1 Å². The molecule has 1 aromatic carbocycles. The molecule has 162 valence electrons. The molecule has 3 rings (SSSR count). The van der Waals surface area contributed by atoms with Crippen LogP contribution in [0.3, 0.4) is 0 Å². The summed E-state index contributed by atoms with van der Waals surface area (Å²) in [5.41, 5.74) is 0.326. The molecule has 0 saturated carbocycles. The molecule has 2 aliphatic rings. The molecular formula is C19H21F2N3O3S3. The molecule has 0 fully saturated rings. The maximum atomic E-state index is 14.1. The van der Waals surface area contributed by atoms with E-state index in [2.05, 4.69) is 23.6 Å². The Morgan fingerprint density at radius 2 is 1.97 bits per heavy atom. The first-order valence-electron chi connectivity index (χ1n) is 9.14. The van der Waals surface area contributed by atoms with Crippen LogP contribution >= 0.6 is 23.1 Å². The lowest BCUT2D eigenvalue weighted by Gasteiger charge is -2.16. The Kier molecular flexibility index (Phi) is 6.54. The van der Waals surface area contributed by atoms with Crippen LogP contribution in [0.15, 0.2) is 32.1 Å². The number of nitrogens with zero attached hydrogens (tertiary/aromatic N) is 2. The summed E-state index contributed by atoms with van der Waals surface area (Å²) in [6.45, 7) is 7.82. The predicted octanol–water partition coefficient (Wildman–Crippen LogP) is 4.57. The van der Waals surface area contributed by atoms with Crippen LogP contribution in [-0.2, 0) is 10.0 Å². The highest BCUT2D eigenvalue weighted by atomic mass is 32.2. The standard InChI is InChI=1S/C19H21F2N3O3S3/c1-10(2)7-8-28-18-16-17(22-19(25)24(16)11(3)12(4)29-18)23-30(26,27)15-9-13(20)5-6-14(15)21/h5-6,9-10H,7-8H2,1-4H3,(H,22,23,25). The molecule has 2 heterocycles. The highest BCUT2D eigenvalue weighted by molar-refractivity contribution is 8.01. The minimum atomic E-state index is -4.50. The highest BCUT2D eigenvalue weighted by Crippen LogP contribution is 2.39. The maximum Gasteiger partial charge on any atom is 0.354 e.